The van der Waals surface area contributed by atoms with Crippen LogP contribution >= 0.6 is 11.3 Å². The third kappa shape index (κ3) is 4.51. The molecular formula is C15H18FN3O3S2. The van der Waals surface area contributed by atoms with Gasteiger partial charge in [0.2, 0.25) is 0 Å². The number of amides is 1. The van der Waals surface area contributed by atoms with E-state index in [1.54, 1.807) is 6.92 Å². The van der Waals surface area contributed by atoms with Crippen molar-refractivity contribution < 1.29 is 17.6 Å². The molecule has 2 rings (SSSR count). The van der Waals surface area contributed by atoms with Gasteiger partial charge < -0.3 is 5.32 Å². The molecule has 130 valence electrons. The SMILES string of the molecule is CCCCNC(=O)c1sc(NS(=O)(=O)c2ccc(F)cc2)nc1C. The van der Waals surface area contributed by atoms with E-state index in [2.05, 4.69) is 15.0 Å². The number of thiazole rings is 1. The molecular weight excluding hydrogens is 353 g/mol. The van der Waals surface area contributed by atoms with Gasteiger partial charge in [-0.15, -0.1) is 0 Å². The maximum atomic E-state index is 12.9. The first-order valence-corrected chi connectivity index (χ1v) is 9.67. The van der Waals surface area contributed by atoms with Gasteiger partial charge in [0, 0.05) is 6.54 Å². The summed E-state index contributed by atoms with van der Waals surface area (Å²) in [4.78, 5) is 16.4. The molecule has 0 aliphatic rings. The minimum atomic E-state index is -3.88. The summed E-state index contributed by atoms with van der Waals surface area (Å²) in [6.07, 6.45) is 1.83. The van der Waals surface area contributed by atoms with Gasteiger partial charge in [0.1, 0.15) is 10.7 Å². The van der Waals surface area contributed by atoms with E-state index < -0.39 is 15.8 Å². The zero-order valence-electron chi connectivity index (χ0n) is 13.3. The van der Waals surface area contributed by atoms with Gasteiger partial charge >= 0.3 is 0 Å². The lowest BCUT2D eigenvalue weighted by Gasteiger charge is -2.04. The third-order valence-electron chi connectivity index (χ3n) is 3.16. The Kier molecular flexibility index (Phi) is 5.89. The van der Waals surface area contributed by atoms with E-state index in [0.717, 1.165) is 48.4 Å². The van der Waals surface area contributed by atoms with Gasteiger partial charge in [-0.05, 0) is 37.6 Å². The molecule has 0 unspecified atom stereocenters. The molecule has 2 N–H and O–H groups in total. The Morgan fingerprint density at radius 2 is 1.96 bits per heavy atom. The molecule has 0 fully saturated rings. The van der Waals surface area contributed by atoms with Crippen molar-refractivity contribution in [2.75, 3.05) is 11.3 Å². The van der Waals surface area contributed by atoms with Crippen LogP contribution in [-0.4, -0.2) is 25.9 Å². The Morgan fingerprint density at radius 3 is 2.58 bits per heavy atom. The number of hydrogen-bond donors (Lipinski definition) is 2. The van der Waals surface area contributed by atoms with Crippen LogP contribution in [0.25, 0.3) is 0 Å². The molecule has 2 aromatic rings. The summed E-state index contributed by atoms with van der Waals surface area (Å²) in [5.41, 5.74) is 0.450. The molecule has 0 bridgehead atoms. The van der Waals surface area contributed by atoms with Crippen LogP contribution in [0.4, 0.5) is 9.52 Å². The maximum absolute atomic E-state index is 12.9. The number of carbonyl (C=O) groups excluding carboxylic acids is 1. The van der Waals surface area contributed by atoms with E-state index in [-0.39, 0.29) is 15.9 Å². The molecule has 9 heteroatoms. The molecule has 6 nitrogen and oxygen atoms in total. The van der Waals surface area contributed by atoms with E-state index in [9.17, 15) is 17.6 Å². The van der Waals surface area contributed by atoms with E-state index in [0.29, 0.717) is 17.1 Å². The Hall–Kier alpha value is -2.00. The number of anilines is 1. The highest BCUT2D eigenvalue weighted by Crippen LogP contribution is 2.25. The molecule has 0 saturated heterocycles. The fourth-order valence-corrected chi connectivity index (χ4v) is 4.02. The number of nitrogens with one attached hydrogen (secondary N) is 2. The normalized spacial score (nSPS) is 11.3. The number of rotatable bonds is 7. The molecule has 1 heterocycles. The van der Waals surface area contributed by atoms with Crippen molar-refractivity contribution in [3.63, 3.8) is 0 Å². The molecule has 0 saturated carbocycles. The lowest BCUT2D eigenvalue weighted by molar-refractivity contribution is 0.0956. The Balaban J connectivity index is 2.14. The minimum Gasteiger partial charge on any atom is -0.351 e. The zero-order valence-corrected chi connectivity index (χ0v) is 14.9. The lowest BCUT2D eigenvalue weighted by Crippen LogP contribution is -2.24. The van der Waals surface area contributed by atoms with E-state index in [1.165, 1.54) is 0 Å². The molecule has 0 atom stereocenters. The molecule has 1 amide bonds. The first kappa shape index (κ1) is 18.3. The Morgan fingerprint density at radius 1 is 1.29 bits per heavy atom. The number of carbonyl (C=O) groups is 1. The zero-order chi connectivity index (χ0) is 17.7. The van der Waals surface area contributed by atoms with Crippen LogP contribution in [-0.2, 0) is 10.0 Å². The standard InChI is InChI=1S/C15H18FN3O3S2/c1-3-4-9-17-14(20)13-10(2)18-15(23-13)19-24(21,22)12-7-5-11(16)6-8-12/h5-8H,3-4,9H2,1-2H3,(H,17,20)(H,18,19). The van der Waals surface area contributed by atoms with Crippen molar-refractivity contribution >= 4 is 32.4 Å². The van der Waals surface area contributed by atoms with Gasteiger partial charge in [-0.25, -0.2) is 17.8 Å². The number of nitrogens with zero attached hydrogens (tertiary/aromatic N) is 1. The lowest BCUT2D eigenvalue weighted by atomic mass is 10.3. The predicted octanol–water partition coefficient (Wildman–Crippen LogP) is 2.92. The average molecular weight is 371 g/mol. The molecule has 0 aliphatic carbocycles. The van der Waals surface area contributed by atoms with Crippen molar-refractivity contribution in [3.05, 3.63) is 40.7 Å². The van der Waals surface area contributed by atoms with Crippen molar-refractivity contribution in [2.24, 2.45) is 0 Å². The van der Waals surface area contributed by atoms with Gasteiger partial charge in [-0.3, -0.25) is 9.52 Å². The number of benzene rings is 1. The second-order valence-electron chi connectivity index (χ2n) is 5.10. The first-order chi connectivity index (χ1) is 11.3. The largest absolute Gasteiger partial charge is 0.351 e. The van der Waals surface area contributed by atoms with Crippen molar-refractivity contribution in [2.45, 2.75) is 31.6 Å². The summed E-state index contributed by atoms with van der Waals surface area (Å²) in [5, 5.41) is 2.86. The van der Waals surface area contributed by atoms with Crippen molar-refractivity contribution in [1.29, 1.82) is 0 Å². The highest BCUT2D eigenvalue weighted by molar-refractivity contribution is 7.93. The predicted molar refractivity (Wildman–Crippen MR) is 91.3 cm³/mol. The van der Waals surface area contributed by atoms with Crippen LogP contribution in [0.5, 0.6) is 0 Å². The van der Waals surface area contributed by atoms with Crippen LogP contribution in [0.15, 0.2) is 29.2 Å². The van der Waals surface area contributed by atoms with Gasteiger partial charge in [0.25, 0.3) is 15.9 Å². The van der Waals surface area contributed by atoms with Gasteiger partial charge in [-0.2, -0.15) is 0 Å². The fourth-order valence-electron chi connectivity index (χ4n) is 1.90. The van der Waals surface area contributed by atoms with Crippen LogP contribution in [0.3, 0.4) is 0 Å². The van der Waals surface area contributed by atoms with Crippen LogP contribution in [0.2, 0.25) is 0 Å². The summed E-state index contributed by atoms with van der Waals surface area (Å²) in [6.45, 7) is 4.22. The Labute approximate surface area is 144 Å². The smallest absolute Gasteiger partial charge is 0.263 e. The topological polar surface area (TPSA) is 88.2 Å². The summed E-state index contributed by atoms with van der Waals surface area (Å²) in [5.74, 6) is -0.796. The molecule has 24 heavy (non-hydrogen) atoms. The van der Waals surface area contributed by atoms with Crippen molar-refractivity contribution in [1.82, 2.24) is 10.3 Å². The van der Waals surface area contributed by atoms with Gasteiger partial charge in [-0.1, -0.05) is 24.7 Å². The molecule has 1 aromatic carbocycles. The van der Waals surface area contributed by atoms with Crippen LogP contribution < -0.4 is 10.0 Å². The van der Waals surface area contributed by atoms with E-state index in [4.69, 9.17) is 0 Å². The quantitative estimate of drug-likeness (QED) is 0.733. The number of sulfonamides is 1. The summed E-state index contributed by atoms with van der Waals surface area (Å²) in [6, 6.07) is 4.45. The summed E-state index contributed by atoms with van der Waals surface area (Å²) < 4.78 is 39.7. The number of aryl methyl sites for hydroxylation is 1. The Bertz CT molecular complexity index is 817. The highest BCUT2D eigenvalue weighted by atomic mass is 32.2. The molecule has 0 spiro atoms. The van der Waals surface area contributed by atoms with Gasteiger partial charge in [0.05, 0.1) is 10.6 Å². The fraction of sp³-hybridized carbons (Fsp3) is 0.333. The average Bonchev–Trinajstić information content (AvgIpc) is 2.87. The van der Waals surface area contributed by atoms with E-state index in [1.807, 2.05) is 6.92 Å². The summed E-state index contributed by atoms with van der Waals surface area (Å²) >= 11 is 0.963. The first-order valence-electron chi connectivity index (χ1n) is 7.37. The second-order valence-corrected chi connectivity index (χ2v) is 7.78. The maximum Gasteiger partial charge on any atom is 0.263 e. The van der Waals surface area contributed by atoms with Crippen molar-refractivity contribution in [3.8, 4) is 0 Å². The van der Waals surface area contributed by atoms with Gasteiger partial charge in [0.15, 0.2) is 5.13 Å². The number of aromatic nitrogens is 1. The monoisotopic (exact) mass is 371 g/mol. The molecule has 0 radical (unpaired) electrons. The number of halogens is 1. The summed E-state index contributed by atoms with van der Waals surface area (Å²) in [7, 11) is -3.88. The number of unbranched alkanes of at least 4 members (excludes halogenated alkanes) is 1. The third-order valence-corrected chi connectivity index (χ3v) is 5.72. The van der Waals surface area contributed by atoms with Crippen LogP contribution in [0.1, 0.15) is 35.1 Å². The highest BCUT2D eigenvalue weighted by Gasteiger charge is 2.20. The van der Waals surface area contributed by atoms with Crippen LogP contribution in [0, 0.1) is 12.7 Å². The molecule has 0 aliphatic heterocycles. The molecule has 1 aromatic heterocycles. The van der Waals surface area contributed by atoms with E-state index >= 15 is 0 Å². The second kappa shape index (κ2) is 7.71. The minimum absolute atomic E-state index is 0.0781. The number of hydrogen-bond acceptors (Lipinski definition) is 5.